The second-order valence-electron chi connectivity index (χ2n) is 7.37. The van der Waals surface area contributed by atoms with Crippen LogP contribution in [0.5, 0.6) is 0 Å². The first-order chi connectivity index (χ1) is 14.1. The summed E-state index contributed by atoms with van der Waals surface area (Å²) in [5.74, 6) is -0.688. The highest BCUT2D eigenvalue weighted by molar-refractivity contribution is 6.07. The molecule has 1 fully saturated rings. The molecule has 29 heavy (non-hydrogen) atoms. The van der Waals surface area contributed by atoms with E-state index in [0.717, 1.165) is 40.7 Å². The Bertz CT molecular complexity index is 1020. The van der Waals surface area contributed by atoms with E-state index in [1.807, 2.05) is 71.6 Å². The zero-order valence-electron chi connectivity index (χ0n) is 16.3. The number of fused-ring (bicyclic) bond motifs is 1. The number of nitrogens with zero attached hydrogens (tertiary/aromatic N) is 2. The van der Waals surface area contributed by atoms with Crippen molar-refractivity contribution >= 4 is 28.3 Å². The molecule has 1 heterocycles. The van der Waals surface area contributed by atoms with Gasteiger partial charge in [0.05, 0.1) is 0 Å². The molecule has 4 rings (SSSR count). The van der Waals surface area contributed by atoms with Gasteiger partial charge >= 0.3 is 5.97 Å². The highest BCUT2D eigenvalue weighted by atomic mass is 16.4. The van der Waals surface area contributed by atoms with Crippen LogP contribution in [0.3, 0.4) is 0 Å². The molecule has 1 N–H and O–H groups in total. The molecule has 0 radical (unpaired) electrons. The molecule has 0 saturated carbocycles. The molecule has 0 aromatic heterocycles. The smallest absolute Gasteiger partial charge is 0.303 e. The SMILES string of the molecule is O=C(O)CCc1ccc(N2CCN(C(=O)c3cccc4ccccc34)CC2)cc1. The fourth-order valence-corrected chi connectivity index (χ4v) is 3.87. The van der Waals surface area contributed by atoms with Gasteiger partial charge in [-0.05, 0) is 41.0 Å². The van der Waals surface area contributed by atoms with Gasteiger partial charge in [-0.1, -0.05) is 48.5 Å². The molecule has 3 aromatic carbocycles. The first-order valence-corrected chi connectivity index (χ1v) is 9.94. The van der Waals surface area contributed by atoms with Crippen molar-refractivity contribution in [3.05, 3.63) is 77.9 Å². The number of piperazine rings is 1. The molecule has 1 aliphatic heterocycles. The number of carboxylic acid groups (broad SMARTS) is 1. The Morgan fingerprint density at radius 1 is 0.828 bits per heavy atom. The van der Waals surface area contributed by atoms with Crippen LogP contribution in [-0.2, 0) is 11.2 Å². The number of benzene rings is 3. The van der Waals surface area contributed by atoms with Gasteiger partial charge in [0, 0.05) is 43.9 Å². The summed E-state index contributed by atoms with van der Waals surface area (Å²) in [6.07, 6.45) is 0.692. The third-order valence-corrected chi connectivity index (χ3v) is 5.52. The van der Waals surface area contributed by atoms with E-state index in [-0.39, 0.29) is 12.3 Å². The van der Waals surface area contributed by atoms with Crippen LogP contribution in [0.1, 0.15) is 22.3 Å². The molecule has 5 heteroatoms. The molecule has 1 amide bonds. The molecule has 0 unspecified atom stereocenters. The quantitative estimate of drug-likeness (QED) is 0.722. The summed E-state index contributed by atoms with van der Waals surface area (Å²) in [6.45, 7) is 2.93. The lowest BCUT2D eigenvalue weighted by Gasteiger charge is -2.36. The molecule has 3 aromatic rings. The van der Waals surface area contributed by atoms with Crippen molar-refractivity contribution in [2.75, 3.05) is 31.1 Å². The predicted molar refractivity (Wildman–Crippen MR) is 114 cm³/mol. The summed E-state index contributed by atoms with van der Waals surface area (Å²) < 4.78 is 0. The number of aliphatic carboxylic acids is 1. The Kier molecular flexibility index (Phi) is 5.47. The number of hydrogen-bond acceptors (Lipinski definition) is 3. The van der Waals surface area contributed by atoms with Gasteiger partial charge in [-0.2, -0.15) is 0 Å². The lowest BCUT2D eigenvalue weighted by molar-refractivity contribution is -0.136. The Morgan fingerprint density at radius 2 is 1.52 bits per heavy atom. The number of amides is 1. The van der Waals surface area contributed by atoms with Crippen LogP contribution in [0.15, 0.2) is 66.7 Å². The number of carbonyl (C=O) groups is 2. The highest BCUT2D eigenvalue weighted by Gasteiger charge is 2.23. The fourth-order valence-electron chi connectivity index (χ4n) is 3.87. The maximum absolute atomic E-state index is 13.1. The van der Waals surface area contributed by atoms with E-state index in [2.05, 4.69) is 4.90 Å². The van der Waals surface area contributed by atoms with Crippen LogP contribution in [0.2, 0.25) is 0 Å². The topological polar surface area (TPSA) is 60.9 Å². The van der Waals surface area contributed by atoms with Crippen molar-refractivity contribution in [1.82, 2.24) is 4.90 Å². The second kappa shape index (κ2) is 8.35. The summed E-state index contributed by atoms with van der Waals surface area (Å²) >= 11 is 0. The van der Waals surface area contributed by atoms with Gasteiger partial charge in [-0.15, -0.1) is 0 Å². The standard InChI is InChI=1S/C24H24N2O3/c27-23(28)13-10-18-8-11-20(12-9-18)25-14-16-26(17-15-25)24(29)22-7-3-5-19-4-1-2-6-21(19)22/h1-9,11-12H,10,13-17H2,(H,27,28). The number of carbonyl (C=O) groups excluding carboxylic acids is 1. The van der Waals surface area contributed by atoms with Gasteiger partial charge in [0.2, 0.25) is 0 Å². The van der Waals surface area contributed by atoms with Crippen LogP contribution in [-0.4, -0.2) is 48.1 Å². The zero-order valence-corrected chi connectivity index (χ0v) is 16.3. The number of hydrogen-bond donors (Lipinski definition) is 1. The average Bonchev–Trinajstić information content (AvgIpc) is 2.77. The molecule has 1 saturated heterocycles. The average molecular weight is 388 g/mol. The molecule has 0 aliphatic carbocycles. The third-order valence-electron chi connectivity index (χ3n) is 5.52. The van der Waals surface area contributed by atoms with Crippen molar-refractivity contribution in [2.24, 2.45) is 0 Å². The van der Waals surface area contributed by atoms with Crippen LogP contribution >= 0.6 is 0 Å². The van der Waals surface area contributed by atoms with Gasteiger partial charge in [-0.3, -0.25) is 9.59 Å². The second-order valence-corrected chi connectivity index (χ2v) is 7.37. The normalized spacial score (nSPS) is 14.2. The number of aryl methyl sites for hydroxylation is 1. The van der Waals surface area contributed by atoms with Gasteiger partial charge in [-0.25, -0.2) is 0 Å². The van der Waals surface area contributed by atoms with Gasteiger partial charge in [0.1, 0.15) is 0 Å². The van der Waals surface area contributed by atoms with Gasteiger partial charge < -0.3 is 14.9 Å². The lowest BCUT2D eigenvalue weighted by atomic mass is 10.0. The van der Waals surface area contributed by atoms with E-state index in [1.54, 1.807) is 0 Å². The minimum Gasteiger partial charge on any atom is -0.481 e. The Labute approximate surface area is 170 Å². The minimum atomic E-state index is -0.777. The number of carboxylic acids is 1. The van der Waals surface area contributed by atoms with E-state index in [9.17, 15) is 9.59 Å². The molecule has 0 atom stereocenters. The van der Waals surface area contributed by atoms with E-state index < -0.39 is 5.97 Å². The van der Waals surface area contributed by atoms with E-state index in [0.29, 0.717) is 19.5 Å². The minimum absolute atomic E-state index is 0.0884. The first-order valence-electron chi connectivity index (χ1n) is 9.94. The van der Waals surface area contributed by atoms with E-state index in [1.165, 1.54) is 0 Å². The predicted octanol–water partition coefficient (Wildman–Crippen LogP) is 3.82. The van der Waals surface area contributed by atoms with Gasteiger partial charge in [0.15, 0.2) is 0 Å². The Morgan fingerprint density at radius 3 is 2.24 bits per heavy atom. The van der Waals surface area contributed by atoms with Crippen molar-refractivity contribution in [1.29, 1.82) is 0 Å². The number of rotatable bonds is 5. The zero-order chi connectivity index (χ0) is 20.2. The van der Waals surface area contributed by atoms with Crippen LogP contribution in [0.4, 0.5) is 5.69 Å². The maximum Gasteiger partial charge on any atom is 0.303 e. The third kappa shape index (κ3) is 4.24. The summed E-state index contributed by atoms with van der Waals surface area (Å²) in [5.41, 5.74) is 2.90. The summed E-state index contributed by atoms with van der Waals surface area (Å²) in [4.78, 5) is 28.0. The summed E-state index contributed by atoms with van der Waals surface area (Å²) in [5, 5.41) is 10.9. The fraction of sp³-hybridized carbons (Fsp3) is 0.250. The van der Waals surface area contributed by atoms with E-state index in [4.69, 9.17) is 5.11 Å². The van der Waals surface area contributed by atoms with Crippen LogP contribution in [0, 0.1) is 0 Å². The van der Waals surface area contributed by atoms with Crippen LogP contribution < -0.4 is 4.90 Å². The van der Waals surface area contributed by atoms with Crippen molar-refractivity contribution in [3.63, 3.8) is 0 Å². The van der Waals surface area contributed by atoms with E-state index >= 15 is 0 Å². The lowest BCUT2D eigenvalue weighted by Crippen LogP contribution is -2.48. The molecular weight excluding hydrogens is 364 g/mol. The molecule has 1 aliphatic rings. The van der Waals surface area contributed by atoms with Crippen molar-refractivity contribution in [3.8, 4) is 0 Å². The van der Waals surface area contributed by atoms with Crippen molar-refractivity contribution in [2.45, 2.75) is 12.8 Å². The largest absolute Gasteiger partial charge is 0.481 e. The molecule has 0 bridgehead atoms. The summed E-state index contributed by atoms with van der Waals surface area (Å²) in [7, 11) is 0. The molecule has 0 spiro atoms. The molecular formula is C24H24N2O3. The van der Waals surface area contributed by atoms with Crippen molar-refractivity contribution < 1.29 is 14.7 Å². The van der Waals surface area contributed by atoms with Crippen LogP contribution in [0.25, 0.3) is 10.8 Å². The monoisotopic (exact) mass is 388 g/mol. The molecule has 5 nitrogen and oxygen atoms in total. The summed E-state index contributed by atoms with van der Waals surface area (Å²) in [6, 6.07) is 21.9. The van der Waals surface area contributed by atoms with Gasteiger partial charge in [0.25, 0.3) is 5.91 Å². The molecule has 148 valence electrons. The number of anilines is 1. The highest BCUT2D eigenvalue weighted by Crippen LogP contribution is 2.22. The Hall–Kier alpha value is -3.34. The Balaban J connectivity index is 1.40. The first kappa shape index (κ1) is 19.0. The maximum atomic E-state index is 13.1.